The normalized spacial score (nSPS) is 10.9. The predicted molar refractivity (Wildman–Crippen MR) is 110 cm³/mol. The second kappa shape index (κ2) is 7.70. The van der Waals surface area contributed by atoms with E-state index in [9.17, 15) is 14.4 Å². The first-order valence-electron chi connectivity index (χ1n) is 9.14. The second-order valence-electron chi connectivity index (χ2n) is 6.80. The van der Waals surface area contributed by atoms with E-state index in [0.717, 1.165) is 5.69 Å². The number of H-pyrrole nitrogens is 1. The van der Waals surface area contributed by atoms with Crippen LogP contribution in [0.25, 0.3) is 11.2 Å². The zero-order valence-electron chi connectivity index (χ0n) is 16.2. The molecule has 0 saturated heterocycles. The fourth-order valence-electron chi connectivity index (χ4n) is 3.08. The van der Waals surface area contributed by atoms with Gasteiger partial charge in [0.2, 0.25) is 5.91 Å². The Bertz CT molecular complexity index is 1290. The molecule has 152 valence electrons. The maximum absolute atomic E-state index is 12.6. The van der Waals surface area contributed by atoms with Crippen molar-refractivity contribution in [3.63, 3.8) is 0 Å². The molecule has 2 amide bonds. The molecule has 0 aliphatic rings. The van der Waals surface area contributed by atoms with Gasteiger partial charge in [0.1, 0.15) is 0 Å². The van der Waals surface area contributed by atoms with Crippen LogP contribution in [0.15, 0.2) is 56.1 Å². The lowest BCUT2D eigenvalue weighted by Gasteiger charge is -2.09. The number of hydrogen-bond donors (Lipinski definition) is 3. The zero-order valence-corrected chi connectivity index (χ0v) is 16.2. The molecule has 0 atom stereocenters. The quantitative estimate of drug-likeness (QED) is 0.467. The third-order valence-corrected chi connectivity index (χ3v) is 4.53. The van der Waals surface area contributed by atoms with Crippen LogP contribution in [-0.4, -0.2) is 22.0 Å². The molecule has 0 radical (unpaired) electrons. The summed E-state index contributed by atoms with van der Waals surface area (Å²) in [5.74, 6) is -1.37. The molecule has 0 bridgehead atoms. The molecule has 2 aromatic heterocycles. The van der Waals surface area contributed by atoms with Crippen LogP contribution in [0.5, 0.6) is 0 Å². The van der Waals surface area contributed by atoms with Gasteiger partial charge in [-0.15, -0.1) is 0 Å². The van der Waals surface area contributed by atoms with Crippen LogP contribution in [0.4, 0.5) is 11.4 Å². The Labute approximate surface area is 170 Å². The molecular formula is C21H18N4O5. The van der Waals surface area contributed by atoms with Gasteiger partial charge >= 0.3 is 5.82 Å². The van der Waals surface area contributed by atoms with E-state index in [1.807, 2.05) is 6.92 Å². The SMILES string of the molecule is Cc1n[nH]c(C)c1NC(=O)c1cccc(NC(=O)Cc2ccc3oc(=O)oc3c2)c1. The van der Waals surface area contributed by atoms with Gasteiger partial charge in [0, 0.05) is 11.3 Å². The first-order valence-corrected chi connectivity index (χ1v) is 9.14. The van der Waals surface area contributed by atoms with Gasteiger partial charge in [-0.2, -0.15) is 5.10 Å². The standard InChI is InChI=1S/C21H18N4O5/c1-11-19(12(2)25-24-11)23-20(27)14-4-3-5-15(10-14)22-18(26)9-13-6-7-16-17(8-13)30-21(28)29-16/h3-8,10H,9H2,1-2H3,(H,22,26)(H,23,27)(H,24,25). The number of aromatic nitrogens is 2. The lowest BCUT2D eigenvalue weighted by molar-refractivity contribution is -0.115. The van der Waals surface area contributed by atoms with Crippen LogP contribution < -0.4 is 16.5 Å². The van der Waals surface area contributed by atoms with Crippen molar-refractivity contribution in [1.29, 1.82) is 0 Å². The molecule has 0 unspecified atom stereocenters. The molecule has 2 heterocycles. The van der Waals surface area contributed by atoms with Crippen molar-refractivity contribution >= 4 is 34.4 Å². The van der Waals surface area contributed by atoms with Gasteiger partial charge in [0.15, 0.2) is 11.2 Å². The summed E-state index contributed by atoms with van der Waals surface area (Å²) in [5, 5.41) is 12.5. The van der Waals surface area contributed by atoms with E-state index in [-0.39, 0.29) is 23.8 Å². The summed E-state index contributed by atoms with van der Waals surface area (Å²) in [7, 11) is 0. The minimum Gasteiger partial charge on any atom is -0.391 e. The summed E-state index contributed by atoms with van der Waals surface area (Å²) in [4.78, 5) is 36.1. The first-order chi connectivity index (χ1) is 14.4. The van der Waals surface area contributed by atoms with Gasteiger partial charge in [-0.3, -0.25) is 14.7 Å². The van der Waals surface area contributed by atoms with Crippen molar-refractivity contribution in [2.75, 3.05) is 10.6 Å². The number of nitrogens with one attached hydrogen (secondary N) is 3. The molecule has 0 aliphatic carbocycles. The Balaban J connectivity index is 1.44. The van der Waals surface area contributed by atoms with Gasteiger partial charge in [0.05, 0.1) is 23.5 Å². The van der Waals surface area contributed by atoms with E-state index in [1.165, 1.54) is 0 Å². The highest BCUT2D eigenvalue weighted by molar-refractivity contribution is 6.06. The molecule has 30 heavy (non-hydrogen) atoms. The number of rotatable bonds is 5. The summed E-state index contributed by atoms with van der Waals surface area (Å²) < 4.78 is 9.75. The molecule has 9 nitrogen and oxygen atoms in total. The van der Waals surface area contributed by atoms with Gasteiger partial charge in [0.25, 0.3) is 5.91 Å². The van der Waals surface area contributed by atoms with Crippen LogP contribution in [-0.2, 0) is 11.2 Å². The van der Waals surface area contributed by atoms with Crippen LogP contribution in [0.3, 0.4) is 0 Å². The highest BCUT2D eigenvalue weighted by atomic mass is 16.6. The number of hydrogen-bond acceptors (Lipinski definition) is 6. The topological polar surface area (TPSA) is 130 Å². The summed E-state index contributed by atoms with van der Waals surface area (Å²) >= 11 is 0. The average Bonchev–Trinajstić information content (AvgIpc) is 3.23. The number of fused-ring (bicyclic) bond motifs is 1. The number of amides is 2. The summed E-state index contributed by atoms with van der Waals surface area (Å²) in [6.07, 6.45) is 0.0642. The number of anilines is 2. The summed E-state index contributed by atoms with van der Waals surface area (Å²) in [6.45, 7) is 3.61. The van der Waals surface area contributed by atoms with E-state index in [2.05, 4.69) is 20.8 Å². The average molecular weight is 406 g/mol. The minimum absolute atomic E-state index is 0.0642. The van der Waals surface area contributed by atoms with E-state index in [0.29, 0.717) is 33.8 Å². The Morgan fingerprint density at radius 3 is 2.60 bits per heavy atom. The summed E-state index contributed by atoms with van der Waals surface area (Å²) in [5.41, 5.74) is 4.24. The minimum atomic E-state index is -0.789. The molecule has 3 N–H and O–H groups in total. The van der Waals surface area contributed by atoms with E-state index in [1.54, 1.807) is 49.4 Å². The van der Waals surface area contributed by atoms with Crippen molar-refractivity contribution in [2.24, 2.45) is 0 Å². The molecule has 0 saturated carbocycles. The highest BCUT2D eigenvalue weighted by Gasteiger charge is 2.13. The Kier molecular flexibility index (Phi) is 4.93. The molecule has 4 aromatic rings. The van der Waals surface area contributed by atoms with Crippen molar-refractivity contribution in [1.82, 2.24) is 10.2 Å². The van der Waals surface area contributed by atoms with E-state index in [4.69, 9.17) is 8.83 Å². The number of carbonyl (C=O) groups excluding carboxylic acids is 2. The maximum Gasteiger partial charge on any atom is 0.519 e. The van der Waals surface area contributed by atoms with Crippen molar-refractivity contribution in [3.05, 3.63) is 75.6 Å². The number of aromatic amines is 1. The second-order valence-corrected chi connectivity index (χ2v) is 6.80. The molecule has 0 aliphatic heterocycles. The number of benzene rings is 2. The zero-order chi connectivity index (χ0) is 21.3. The van der Waals surface area contributed by atoms with Crippen LogP contribution in [0, 0.1) is 13.8 Å². The smallest absolute Gasteiger partial charge is 0.391 e. The third-order valence-electron chi connectivity index (χ3n) is 4.53. The molecule has 2 aromatic carbocycles. The van der Waals surface area contributed by atoms with E-state index >= 15 is 0 Å². The van der Waals surface area contributed by atoms with Crippen molar-refractivity contribution in [2.45, 2.75) is 20.3 Å². The third kappa shape index (κ3) is 4.00. The largest absolute Gasteiger partial charge is 0.519 e. The Morgan fingerprint density at radius 1 is 1.03 bits per heavy atom. The van der Waals surface area contributed by atoms with Gasteiger partial charge in [-0.05, 0) is 49.7 Å². The van der Waals surface area contributed by atoms with Crippen molar-refractivity contribution < 1.29 is 18.4 Å². The number of aryl methyl sites for hydroxylation is 2. The fraction of sp³-hybridized carbons (Fsp3) is 0.143. The highest BCUT2D eigenvalue weighted by Crippen LogP contribution is 2.19. The Hall–Kier alpha value is -4.14. The summed E-state index contributed by atoms with van der Waals surface area (Å²) in [6, 6.07) is 11.5. The number of carbonyl (C=O) groups is 2. The van der Waals surface area contributed by atoms with Gasteiger partial charge < -0.3 is 19.5 Å². The molecule has 0 fully saturated rings. The maximum atomic E-state index is 12.6. The van der Waals surface area contributed by atoms with Gasteiger partial charge in [-0.1, -0.05) is 12.1 Å². The van der Waals surface area contributed by atoms with Crippen LogP contribution >= 0.6 is 0 Å². The van der Waals surface area contributed by atoms with Crippen LogP contribution in [0.2, 0.25) is 0 Å². The van der Waals surface area contributed by atoms with Gasteiger partial charge in [-0.25, -0.2) is 4.79 Å². The lowest BCUT2D eigenvalue weighted by Crippen LogP contribution is -2.16. The molecule has 4 rings (SSSR count). The molecule has 9 heteroatoms. The van der Waals surface area contributed by atoms with E-state index < -0.39 is 5.82 Å². The predicted octanol–water partition coefficient (Wildman–Crippen LogP) is 3.16. The van der Waals surface area contributed by atoms with Crippen molar-refractivity contribution in [3.8, 4) is 0 Å². The fourth-order valence-corrected chi connectivity index (χ4v) is 3.08. The number of nitrogens with zero attached hydrogens (tertiary/aromatic N) is 1. The van der Waals surface area contributed by atoms with Crippen LogP contribution in [0.1, 0.15) is 27.3 Å². The lowest BCUT2D eigenvalue weighted by atomic mass is 10.1. The molecular weight excluding hydrogens is 388 g/mol. The first kappa shape index (κ1) is 19.2. The molecule has 0 spiro atoms. The Morgan fingerprint density at radius 2 is 1.83 bits per heavy atom. The monoisotopic (exact) mass is 406 g/mol.